The SMILES string of the molecule is O=C(O)/C(=C\c1ccc(Cl)cc1)SCC(=O)N1CCCCCC1. The number of carbonyl (C=O) groups excluding carboxylic acids is 1. The summed E-state index contributed by atoms with van der Waals surface area (Å²) in [4.78, 5) is 25.6. The highest BCUT2D eigenvalue weighted by Crippen LogP contribution is 2.22. The highest BCUT2D eigenvalue weighted by Gasteiger charge is 2.17. The van der Waals surface area contributed by atoms with E-state index in [0.29, 0.717) is 5.02 Å². The quantitative estimate of drug-likeness (QED) is 0.815. The van der Waals surface area contributed by atoms with Crippen molar-refractivity contribution in [2.75, 3.05) is 18.8 Å². The van der Waals surface area contributed by atoms with Crippen LogP contribution in [0.1, 0.15) is 31.2 Å². The molecule has 2 rings (SSSR count). The van der Waals surface area contributed by atoms with Crippen molar-refractivity contribution in [3.8, 4) is 0 Å². The lowest BCUT2D eigenvalue weighted by Crippen LogP contribution is -2.33. The third kappa shape index (κ3) is 5.92. The summed E-state index contributed by atoms with van der Waals surface area (Å²) in [6, 6.07) is 6.92. The molecule has 0 aliphatic carbocycles. The number of amides is 1. The molecule has 6 heteroatoms. The molecular weight excluding hydrogens is 334 g/mol. The van der Waals surface area contributed by atoms with Gasteiger partial charge in [-0.05, 0) is 36.6 Å². The number of carbonyl (C=O) groups is 2. The monoisotopic (exact) mass is 353 g/mol. The summed E-state index contributed by atoms with van der Waals surface area (Å²) < 4.78 is 0. The number of thioether (sulfide) groups is 1. The van der Waals surface area contributed by atoms with Crippen molar-refractivity contribution in [3.63, 3.8) is 0 Å². The Morgan fingerprint density at radius 2 is 1.74 bits per heavy atom. The maximum atomic E-state index is 12.2. The zero-order chi connectivity index (χ0) is 16.7. The maximum Gasteiger partial charge on any atom is 0.342 e. The van der Waals surface area contributed by atoms with E-state index >= 15 is 0 Å². The standard InChI is InChI=1S/C17H20ClNO3S/c18-14-7-5-13(6-8-14)11-15(17(21)22)23-12-16(20)19-9-3-1-2-4-10-19/h5-8,11H,1-4,9-10,12H2,(H,21,22)/b15-11+. The van der Waals surface area contributed by atoms with Crippen LogP contribution in [0, 0.1) is 0 Å². The normalized spacial score (nSPS) is 16.0. The minimum absolute atomic E-state index is 0.0140. The van der Waals surface area contributed by atoms with Gasteiger partial charge in [0.05, 0.1) is 10.7 Å². The molecule has 0 saturated carbocycles. The molecule has 1 aromatic carbocycles. The molecule has 1 fully saturated rings. The fourth-order valence-corrected chi connectivity index (χ4v) is 3.36. The van der Waals surface area contributed by atoms with Crippen LogP contribution in [0.3, 0.4) is 0 Å². The van der Waals surface area contributed by atoms with Crippen LogP contribution in [0.2, 0.25) is 5.02 Å². The van der Waals surface area contributed by atoms with Gasteiger partial charge in [0, 0.05) is 18.1 Å². The first-order valence-electron chi connectivity index (χ1n) is 7.67. The molecule has 0 spiro atoms. The molecule has 4 nitrogen and oxygen atoms in total. The van der Waals surface area contributed by atoms with Gasteiger partial charge in [-0.2, -0.15) is 0 Å². The van der Waals surface area contributed by atoms with Gasteiger partial charge >= 0.3 is 5.97 Å². The summed E-state index contributed by atoms with van der Waals surface area (Å²) in [6.45, 7) is 1.56. The third-order valence-corrected chi connectivity index (χ3v) is 4.94. The van der Waals surface area contributed by atoms with E-state index in [1.165, 1.54) is 0 Å². The topological polar surface area (TPSA) is 57.6 Å². The fraction of sp³-hybridized carbons (Fsp3) is 0.412. The van der Waals surface area contributed by atoms with Crippen molar-refractivity contribution >= 4 is 41.3 Å². The van der Waals surface area contributed by atoms with Gasteiger partial charge in [0.1, 0.15) is 0 Å². The van der Waals surface area contributed by atoms with E-state index in [1.54, 1.807) is 30.3 Å². The Bertz CT molecular complexity index is 578. The van der Waals surface area contributed by atoms with E-state index in [9.17, 15) is 14.7 Å². The van der Waals surface area contributed by atoms with E-state index in [-0.39, 0.29) is 16.6 Å². The van der Waals surface area contributed by atoms with E-state index in [2.05, 4.69) is 0 Å². The van der Waals surface area contributed by atoms with Gasteiger partial charge in [0.15, 0.2) is 0 Å². The Kier molecular flexibility index (Phi) is 6.99. The molecule has 0 atom stereocenters. The van der Waals surface area contributed by atoms with E-state index in [1.807, 2.05) is 4.90 Å². The van der Waals surface area contributed by atoms with Gasteiger partial charge in [0.2, 0.25) is 5.91 Å². The number of rotatable bonds is 5. The molecule has 0 aromatic heterocycles. The molecule has 1 saturated heterocycles. The van der Waals surface area contributed by atoms with Crippen LogP contribution < -0.4 is 0 Å². The number of nitrogens with zero attached hydrogens (tertiary/aromatic N) is 1. The number of hydrogen-bond acceptors (Lipinski definition) is 3. The number of halogens is 1. The van der Waals surface area contributed by atoms with Crippen molar-refractivity contribution in [1.82, 2.24) is 4.90 Å². The minimum Gasteiger partial charge on any atom is -0.477 e. The first-order chi connectivity index (χ1) is 11.1. The van der Waals surface area contributed by atoms with Gasteiger partial charge < -0.3 is 10.0 Å². The number of aliphatic carboxylic acids is 1. The summed E-state index contributed by atoms with van der Waals surface area (Å²) in [6.07, 6.45) is 5.95. The van der Waals surface area contributed by atoms with Crippen molar-refractivity contribution in [1.29, 1.82) is 0 Å². The summed E-state index contributed by atoms with van der Waals surface area (Å²) in [5.41, 5.74) is 0.751. The summed E-state index contributed by atoms with van der Waals surface area (Å²) in [5, 5.41) is 9.92. The Balaban J connectivity index is 1.97. The molecule has 1 heterocycles. The molecule has 1 aliphatic heterocycles. The van der Waals surface area contributed by atoms with Crippen LogP contribution in [0.4, 0.5) is 0 Å². The second-order valence-electron chi connectivity index (χ2n) is 5.45. The fourth-order valence-electron chi connectivity index (χ4n) is 2.43. The molecule has 1 amide bonds. The summed E-state index contributed by atoms with van der Waals surface area (Å²) in [5.74, 6) is -0.847. The van der Waals surface area contributed by atoms with E-state index in [4.69, 9.17) is 11.6 Å². The largest absolute Gasteiger partial charge is 0.477 e. The number of carboxylic acids is 1. The van der Waals surface area contributed by atoms with Crippen LogP contribution in [-0.4, -0.2) is 40.7 Å². The summed E-state index contributed by atoms with van der Waals surface area (Å²) in [7, 11) is 0. The van der Waals surface area contributed by atoms with Crippen LogP contribution in [0.15, 0.2) is 29.2 Å². The Hall–Kier alpha value is -1.46. The van der Waals surface area contributed by atoms with Crippen molar-refractivity contribution in [2.45, 2.75) is 25.7 Å². The second kappa shape index (κ2) is 8.99. The van der Waals surface area contributed by atoms with Crippen molar-refractivity contribution in [3.05, 3.63) is 39.8 Å². The predicted molar refractivity (Wildman–Crippen MR) is 94.6 cm³/mol. The van der Waals surface area contributed by atoms with Crippen LogP contribution in [0.25, 0.3) is 6.08 Å². The molecule has 1 N–H and O–H groups in total. The second-order valence-corrected chi connectivity index (χ2v) is 6.90. The molecule has 0 bridgehead atoms. The molecule has 0 unspecified atom stereocenters. The highest BCUT2D eigenvalue weighted by atomic mass is 35.5. The van der Waals surface area contributed by atoms with Crippen LogP contribution >= 0.6 is 23.4 Å². The van der Waals surface area contributed by atoms with Crippen LogP contribution in [0.5, 0.6) is 0 Å². The van der Waals surface area contributed by atoms with Crippen molar-refractivity contribution < 1.29 is 14.7 Å². The lowest BCUT2D eigenvalue weighted by atomic mass is 10.2. The maximum absolute atomic E-state index is 12.2. The number of hydrogen-bond donors (Lipinski definition) is 1. The van der Waals surface area contributed by atoms with E-state index < -0.39 is 5.97 Å². The Morgan fingerprint density at radius 3 is 2.30 bits per heavy atom. The molecule has 23 heavy (non-hydrogen) atoms. The number of likely N-dealkylation sites (tertiary alicyclic amines) is 1. The Morgan fingerprint density at radius 1 is 1.13 bits per heavy atom. The average Bonchev–Trinajstić information content (AvgIpc) is 2.82. The zero-order valence-electron chi connectivity index (χ0n) is 12.8. The van der Waals surface area contributed by atoms with Crippen molar-refractivity contribution in [2.24, 2.45) is 0 Å². The van der Waals surface area contributed by atoms with Gasteiger partial charge in [0.25, 0.3) is 0 Å². The predicted octanol–water partition coefficient (Wildman–Crippen LogP) is 3.90. The van der Waals surface area contributed by atoms with Gasteiger partial charge in [-0.25, -0.2) is 4.79 Å². The van der Waals surface area contributed by atoms with Gasteiger partial charge in [-0.1, -0.05) is 36.6 Å². The van der Waals surface area contributed by atoms with Gasteiger partial charge in [-0.3, -0.25) is 4.79 Å². The first kappa shape index (κ1) is 17.9. The lowest BCUT2D eigenvalue weighted by molar-refractivity contribution is -0.131. The molecule has 1 aliphatic rings. The first-order valence-corrected chi connectivity index (χ1v) is 9.04. The number of carboxylic acid groups (broad SMARTS) is 1. The zero-order valence-corrected chi connectivity index (χ0v) is 14.4. The highest BCUT2D eigenvalue weighted by molar-refractivity contribution is 8.04. The Labute approximate surface area is 145 Å². The molecular formula is C17H20ClNO3S. The third-order valence-electron chi connectivity index (χ3n) is 3.69. The number of benzene rings is 1. The van der Waals surface area contributed by atoms with Gasteiger partial charge in [-0.15, -0.1) is 11.8 Å². The minimum atomic E-state index is -1.02. The molecule has 0 radical (unpaired) electrons. The van der Waals surface area contributed by atoms with E-state index in [0.717, 1.165) is 56.1 Å². The molecule has 124 valence electrons. The average molecular weight is 354 g/mol. The smallest absolute Gasteiger partial charge is 0.342 e. The molecule has 1 aromatic rings. The summed E-state index contributed by atoms with van der Waals surface area (Å²) >= 11 is 6.90. The lowest BCUT2D eigenvalue weighted by Gasteiger charge is -2.20. The van der Waals surface area contributed by atoms with Crippen LogP contribution in [-0.2, 0) is 9.59 Å².